The number of anilines is 1. The number of hydrogen-bond donors (Lipinski definition) is 2. The summed E-state index contributed by atoms with van der Waals surface area (Å²) in [5.41, 5.74) is 2.08. The maximum Gasteiger partial charge on any atom is 0.338 e. The first kappa shape index (κ1) is 27.3. The highest BCUT2D eigenvalue weighted by Crippen LogP contribution is 2.37. The summed E-state index contributed by atoms with van der Waals surface area (Å²) in [7, 11) is 0. The first-order valence-corrected chi connectivity index (χ1v) is 12.8. The third-order valence-corrected chi connectivity index (χ3v) is 6.70. The number of amides is 3. The molecule has 8 heteroatoms. The van der Waals surface area contributed by atoms with E-state index in [1.165, 1.54) is 0 Å². The third kappa shape index (κ3) is 6.08. The summed E-state index contributed by atoms with van der Waals surface area (Å²) in [6.07, 6.45) is 1.67. The van der Waals surface area contributed by atoms with Gasteiger partial charge in [-0.05, 0) is 50.5 Å². The Morgan fingerprint density at radius 3 is 2.47 bits per heavy atom. The average Bonchev–Trinajstić information content (AvgIpc) is 2.88. The fourth-order valence-corrected chi connectivity index (χ4v) is 4.05. The highest BCUT2D eigenvalue weighted by molar-refractivity contribution is 6.20. The maximum atomic E-state index is 13.4. The molecule has 1 aliphatic rings. The Kier molecular flexibility index (Phi) is 9.15. The molecule has 192 valence electrons. The summed E-state index contributed by atoms with van der Waals surface area (Å²) in [6.45, 7) is 7.99. The van der Waals surface area contributed by atoms with Crippen LogP contribution in [0.4, 0.5) is 10.5 Å². The molecule has 3 rings (SSSR count). The third-order valence-electron chi connectivity index (χ3n) is 6.03. The molecule has 7 nitrogen and oxygen atoms in total. The number of carbonyl (C=O) groups is 3. The summed E-state index contributed by atoms with van der Waals surface area (Å²) in [4.78, 5) is 41.1. The molecule has 0 spiro atoms. The number of ether oxygens (including phenoxy) is 1. The summed E-state index contributed by atoms with van der Waals surface area (Å²) < 4.78 is 5.47. The molecule has 2 aromatic carbocycles. The lowest BCUT2D eigenvalue weighted by atomic mass is 9.91. The Morgan fingerprint density at radius 1 is 1.11 bits per heavy atom. The van der Waals surface area contributed by atoms with Crippen molar-refractivity contribution in [2.24, 2.45) is 5.41 Å². The van der Waals surface area contributed by atoms with Crippen LogP contribution in [0.1, 0.15) is 57.7 Å². The molecule has 0 saturated heterocycles. The van der Waals surface area contributed by atoms with Crippen molar-refractivity contribution in [3.8, 4) is 0 Å². The molecule has 0 unspecified atom stereocenters. The number of alkyl halides is 1. The summed E-state index contributed by atoms with van der Waals surface area (Å²) >= 11 is 5.96. The van der Waals surface area contributed by atoms with E-state index < -0.39 is 17.4 Å². The Morgan fingerprint density at radius 2 is 1.83 bits per heavy atom. The van der Waals surface area contributed by atoms with E-state index in [-0.39, 0.29) is 24.4 Å². The van der Waals surface area contributed by atoms with Gasteiger partial charge in [-0.25, -0.2) is 9.59 Å². The topological polar surface area (TPSA) is 87.7 Å². The van der Waals surface area contributed by atoms with Crippen molar-refractivity contribution in [2.75, 3.05) is 24.3 Å². The molecule has 0 bridgehead atoms. The predicted molar refractivity (Wildman–Crippen MR) is 142 cm³/mol. The van der Waals surface area contributed by atoms with Crippen molar-refractivity contribution >= 4 is 40.9 Å². The number of esters is 1. The number of halogens is 1. The van der Waals surface area contributed by atoms with Gasteiger partial charge in [0.2, 0.25) is 5.91 Å². The van der Waals surface area contributed by atoms with Crippen LogP contribution in [0.25, 0.3) is 5.70 Å². The van der Waals surface area contributed by atoms with E-state index >= 15 is 0 Å². The highest BCUT2D eigenvalue weighted by atomic mass is 35.5. The average molecular weight is 512 g/mol. The summed E-state index contributed by atoms with van der Waals surface area (Å²) in [5.74, 6) is -0.555. The summed E-state index contributed by atoms with van der Waals surface area (Å²) in [6, 6.07) is 15.5. The van der Waals surface area contributed by atoms with Crippen LogP contribution in [0.5, 0.6) is 0 Å². The lowest BCUT2D eigenvalue weighted by Gasteiger charge is -2.37. The molecule has 0 saturated carbocycles. The molecule has 0 fully saturated rings. The number of benzene rings is 2. The van der Waals surface area contributed by atoms with Crippen LogP contribution in [0.15, 0.2) is 60.2 Å². The van der Waals surface area contributed by atoms with Gasteiger partial charge in [-0.1, -0.05) is 55.8 Å². The number of nitrogens with one attached hydrogen (secondary N) is 2. The zero-order valence-electron chi connectivity index (χ0n) is 21.3. The van der Waals surface area contributed by atoms with E-state index in [1.807, 2.05) is 43.3 Å². The number of rotatable bonds is 10. The van der Waals surface area contributed by atoms with Crippen molar-refractivity contribution in [3.63, 3.8) is 0 Å². The quantitative estimate of drug-likeness (QED) is 0.315. The number of urea groups is 1. The Labute approximate surface area is 217 Å². The number of nitrogens with zero attached hydrogens (tertiary/aromatic N) is 1. The predicted octanol–water partition coefficient (Wildman–Crippen LogP) is 5.73. The van der Waals surface area contributed by atoms with E-state index in [1.54, 1.807) is 43.9 Å². The second kappa shape index (κ2) is 12.1. The molecule has 2 N–H and O–H groups in total. The molecule has 0 radical (unpaired) electrons. The molecule has 0 aliphatic carbocycles. The number of unbranched alkanes of at least 4 members (excludes halogenated alkanes) is 1. The first-order chi connectivity index (χ1) is 17.2. The van der Waals surface area contributed by atoms with Crippen LogP contribution in [-0.4, -0.2) is 41.8 Å². The lowest BCUT2D eigenvalue weighted by Crippen LogP contribution is -2.48. The highest BCUT2D eigenvalue weighted by Gasteiger charge is 2.39. The van der Waals surface area contributed by atoms with Gasteiger partial charge in [0.05, 0.1) is 29.3 Å². The fourth-order valence-electron chi connectivity index (χ4n) is 3.92. The Bertz CT molecular complexity index is 1130. The van der Waals surface area contributed by atoms with Crippen molar-refractivity contribution in [3.05, 3.63) is 71.3 Å². The molecule has 0 aromatic heterocycles. The van der Waals surface area contributed by atoms with Crippen LogP contribution < -0.4 is 10.6 Å². The maximum absolute atomic E-state index is 13.4. The molecule has 1 aliphatic heterocycles. The lowest BCUT2D eigenvalue weighted by molar-refractivity contribution is -0.139. The van der Waals surface area contributed by atoms with E-state index in [4.69, 9.17) is 16.3 Å². The van der Waals surface area contributed by atoms with E-state index in [0.717, 1.165) is 18.4 Å². The zero-order chi connectivity index (χ0) is 26.3. The van der Waals surface area contributed by atoms with Crippen molar-refractivity contribution in [2.45, 2.75) is 46.6 Å². The molecule has 36 heavy (non-hydrogen) atoms. The van der Waals surface area contributed by atoms with Crippen LogP contribution in [0.3, 0.4) is 0 Å². The van der Waals surface area contributed by atoms with Crippen molar-refractivity contribution < 1.29 is 19.1 Å². The van der Waals surface area contributed by atoms with Gasteiger partial charge in [0, 0.05) is 18.1 Å². The molecular weight excluding hydrogens is 478 g/mol. The second-order valence-corrected chi connectivity index (χ2v) is 9.60. The molecule has 1 atom stereocenters. The largest absolute Gasteiger partial charge is 0.463 e. The molecule has 1 heterocycles. The van der Waals surface area contributed by atoms with Crippen molar-refractivity contribution in [1.82, 2.24) is 10.2 Å². The van der Waals surface area contributed by atoms with Crippen LogP contribution in [0, 0.1) is 5.41 Å². The minimum absolute atomic E-state index is 0.168. The van der Waals surface area contributed by atoms with Gasteiger partial charge in [-0.2, -0.15) is 0 Å². The standard InChI is InChI=1S/C28H34ClN3O4/c1-5-7-16-32-24(19-12-9-8-10-13-19)22(25(33)36-6-2)23(31-27(32)35)20-14-11-15-21(17-20)30-26(34)28(3,4)18-29/h8-15,17,23H,5-7,16,18H2,1-4H3,(H,30,34)(H,31,35)/t23-/m0/s1. The monoisotopic (exact) mass is 511 g/mol. The number of carbonyl (C=O) groups excluding carboxylic acids is 3. The van der Waals surface area contributed by atoms with Gasteiger partial charge < -0.3 is 15.4 Å². The normalized spacial score (nSPS) is 16.0. The van der Waals surface area contributed by atoms with Crippen LogP contribution in [0.2, 0.25) is 0 Å². The van der Waals surface area contributed by atoms with E-state index in [9.17, 15) is 14.4 Å². The van der Waals surface area contributed by atoms with Gasteiger partial charge >= 0.3 is 12.0 Å². The Hall–Kier alpha value is -3.32. The van der Waals surface area contributed by atoms with Crippen molar-refractivity contribution in [1.29, 1.82) is 0 Å². The van der Waals surface area contributed by atoms with Gasteiger partial charge in [-0.15, -0.1) is 11.6 Å². The van der Waals surface area contributed by atoms with Gasteiger partial charge in [0.15, 0.2) is 0 Å². The van der Waals surface area contributed by atoms with Crippen LogP contribution in [-0.2, 0) is 14.3 Å². The van der Waals surface area contributed by atoms with Gasteiger partial charge in [-0.3, -0.25) is 9.69 Å². The minimum atomic E-state index is -0.762. The molecular formula is C28H34ClN3O4. The molecule has 3 amide bonds. The minimum Gasteiger partial charge on any atom is -0.463 e. The first-order valence-electron chi connectivity index (χ1n) is 12.3. The zero-order valence-corrected chi connectivity index (χ0v) is 22.0. The number of hydrogen-bond acceptors (Lipinski definition) is 4. The second-order valence-electron chi connectivity index (χ2n) is 9.33. The smallest absolute Gasteiger partial charge is 0.338 e. The molecule has 2 aromatic rings. The van der Waals surface area contributed by atoms with Gasteiger partial charge in [0.25, 0.3) is 0 Å². The van der Waals surface area contributed by atoms with Crippen LogP contribution >= 0.6 is 11.6 Å². The fraction of sp³-hybridized carbons (Fsp3) is 0.393. The Balaban J connectivity index is 2.15. The van der Waals surface area contributed by atoms with Gasteiger partial charge in [0.1, 0.15) is 0 Å². The van der Waals surface area contributed by atoms with E-state index in [0.29, 0.717) is 29.1 Å². The summed E-state index contributed by atoms with van der Waals surface area (Å²) in [5, 5.41) is 5.89. The van der Waals surface area contributed by atoms with E-state index in [2.05, 4.69) is 10.6 Å². The SMILES string of the molecule is CCCCN1C(=O)N[C@@H](c2cccc(NC(=O)C(C)(C)CCl)c2)C(C(=O)OCC)=C1c1ccccc1.